The third-order valence-electron chi connectivity index (χ3n) is 4.75. The molecule has 2 N–H and O–H groups in total. The van der Waals surface area contributed by atoms with Crippen molar-refractivity contribution in [3.8, 4) is 0 Å². The summed E-state index contributed by atoms with van der Waals surface area (Å²) >= 11 is 1.33. The number of nitrogens with zero attached hydrogens (tertiary/aromatic N) is 2. The van der Waals surface area contributed by atoms with Crippen molar-refractivity contribution < 1.29 is 23.8 Å². The minimum Gasteiger partial charge on any atom is -0.461 e. The summed E-state index contributed by atoms with van der Waals surface area (Å²) in [7, 11) is 1.55. The fourth-order valence-corrected chi connectivity index (χ4v) is 3.79. The Kier molecular flexibility index (Phi) is 22.3. The SMILES string of the molecule is CC.CCCC.CCCN(C(=O)CN)C(CC(OCOC)c1nc(C(=O)OCC)cs1)C(C)C. The molecule has 0 aliphatic carbocycles. The van der Waals surface area contributed by atoms with E-state index in [1.54, 1.807) is 19.4 Å². The summed E-state index contributed by atoms with van der Waals surface area (Å²) in [5, 5.41) is 2.32. The minimum atomic E-state index is -0.457. The molecule has 34 heavy (non-hydrogen) atoms. The average molecular weight is 504 g/mol. The van der Waals surface area contributed by atoms with Gasteiger partial charge in [0.2, 0.25) is 5.91 Å². The Labute approximate surface area is 211 Å². The number of methoxy groups -OCH3 is 1. The molecular weight excluding hydrogens is 454 g/mol. The number of amides is 1. The van der Waals surface area contributed by atoms with Gasteiger partial charge in [-0.15, -0.1) is 11.3 Å². The van der Waals surface area contributed by atoms with E-state index in [0.29, 0.717) is 18.0 Å². The van der Waals surface area contributed by atoms with E-state index in [9.17, 15) is 9.59 Å². The number of thiazole rings is 1. The Morgan fingerprint density at radius 2 is 1.74 bits per heavy atom. The highest BCUT2D eigenvalue weighted by Crippen LogP contribution is 2.30. The largest absolute Gasteiger partial charge is 0.461 e. The van der Waals surface area contributed by atoms with Crippen molar-refractivity contribution in [3.63, 3.8) is 0 Å². The summed E-state index contributed by atoms with van der Waals surface area (Å²) < 4.78 is 15.9. The van der Waals surface area contributed by atoms with Crippen LogP contribution in [0.5, 0.6) is 0 Å². The lowest BCUT2D eigenvalue weighted by Gasteiger charge is -2.36. The van der Waals surface area contributed by atoms with Crippen molar-refractivity contribution in [1.29, 1.82) is 0 Å². The van der Waals surface area contributed by atoms with Crippen LogP contribution in [-0.4, -0.2) is 61.4 Å². The molecule has 1 heterocycles. The zero-order chi connectivity index (χ0) is 26.5. The number of unbranched alkanes of at least 4 members (excludes halogenated alkanes) is 1. The van der Waals surface area contributed by atoms with E-state index in [1.807, 2.05) is 25.7 Å². The number of hydrogen-bond donors (Lipinski definition) is 1. The molecule has 1 amide bonds. The van der Waals surface area contributed by atoms with Crippen molar-refractivity contribution in [2.45, 2.75) is 93.2 Å². The quantitative estimate of drug-likeness (QED) is 0.267. The molecule has 0 saturated heterocycles. The van der Waals surface area contributed by atoms with Crippen molar-refractivity contribution in [1.82, 2.24) is 9.88 Å². The van der Waals surface area contributed by atoms with Gasteiger partial charge in [0.05, 0.1) is 13.2 Å². The van der Waals surface area contributed by atoms with E-state index in [-0.39, 0.29) is 43.5 Å². The van der Waals surface area contributed by atoms with Gasteiger partial charge in [-0.05, 0) is 19.3 Å². The molecule has 8 nitrogen and oxygen atoms in total. The second-order valence-electron chi connectivity index (χ2n) is 7.69. The average Bonchev–Trinajstić information content (AvgIpc) is 3.34. The van der Waals surface area contributed by atoms with E-state index in [0.717, 1.165) is 6.42 Å². The first-order valence-corrected chi connectivity index (χ1v) is 13.4. The van der Waals surface area contributed by atoms with Gasteiger partial charge >= 0.3 is 5.97 Å². The maximum Gasteiger partial charge on any atom is 0.357 e. The van der Waals surface area contributed by atoms with Crippen LogP contribution in [0.1, 0.15) is 103 Å². The molecule has 0 aromatic carbocycles. The maximum atomic E-state index is 12.4. The Morgan fingerprint density at radius 1 is 1.12 bits per heavy atom. The Hall–Kier alpha value is -1.55. The van der Waals surface area contributed by atoms with E-state index < -0.39 is 12.1 Å². The molecule has 1 aromatic rings. The number of nitrogens with two attached hydrogens (primary N) is 1. The first-order valence-electron chi connectivity index (χ1n) is 12.5. The second kappa shape index (κ2) is 21.9. The van der Waals surface area contributed by atoms with Crippen LogP contribution in [0, 0.1) is 5.92 Å². The van der Waals surface area contributed by atoms with Crippen LogP contribution in [0.4, 0.5) is 0 Å². The first-order chi connectivity index (χ1) is 16.3. The number of hydrogen-bond acceptors (Lipinski definition) is 8. The summed E-state index contributed by atoms with van der Waals surface area (Å²) in [5.74, 6) is -0.348. The highest BCUT2D eigenvalue weighted by Gasteiger charge is 2.30. The molecule has 2 unspecified atom stereocenters. The number of aromatic nitrogens is 1. The van der Waals surface area contributed by atoms with E-state index in [1.165, 1.54) is 24.2 Å². The summed E-state index contributed by atoms with van der Waals surface area (Å²) in [5.41, 5.74) is 5.89. The normalized spacial score (nSPS) is 12.1. The Morgan fingerprint density at radius 3 is 2.18 bits per heavy atom. The molecule has 1 rings (SSSR count). The molecule has 1 aromatic heterocycles. The van der Waals surface area contributed by atoms with Gasteiger partial charge in [0.25, 0.3) is 0 Å². The third-order valence-corrected chi connectivity index (χ3v) is 5.69. The number of esters is 1. The summed E-state index contributed by atoms with van der Waals surface area (Å²) in [6.07, 6.45) is 3.59. The maximum absolute atomic E-state index is 12.4. The zero-order valence-corrected chi connectivity index (χ0v) is 23.7. The van der Waals surface area contributed by atoms with Crippen molar-refractivity contribution >= 4 is 23.2 Å². The molecule has 200 valence electrons. The second-order valence-corrected chi connectivity index (χ2v) is 8.58. The van der Waals surface area contributed by atoms with Gasteiger partial charge in [0.1, 0.15) is 17.9 Å². The van der Waals surface area contributed by atoms with E-state index >= 15 is 0 Å². The first kappa shape index (κ1) is 34.6. The van der Waals surface area contributed by atoms with Gasteiger partial charge in [-0.1, -0.05) is 61.3 Å². The van der Waals surface area contributed by atoms with Gasteiger partial charge in [-0.2, -0.15) is 0 Å². The standard InChI is InChI=1S/C19H33N3O5S.C4H10.C2H6/c1-6-8-22(17(23)10-20)15(13(3)4)9-16(27-12-25-5)18-21-14(11-28-18)19(24)26-7-2;1-3-4-2;1-2/h11,13,15-16H,6-10,12,20H2,1-5H3;3-4H2,1-2H3;1-2H3. The van der Waals surface area contributed by atoms with Gasteiger partial charge in [0.15, 0.2) is 5.69 Å². The number of carbonyl (C=O) groups excluding carboxylic acids is 2. The van der Waals surface area contributed by atoms with Gasteiger partial charge < -0.3 is 24.8 Å². The van der Waals surface area contributed by atoms with Crippen LogP contribution < -0.4 is 5.73 Å². The molecule has 0 saturated carbocycles. The van der Waals surface area contributed by atoms with Gasteiger partial charge in [-0.3, -0.25) is 4.79 Å². The van der Waals surface area contributed by atoms with E-state index in [2.05, 4.69) is 32.7 Å². The number of ether oxygens (including phenoxy) is 3. The van der Waals surface area contributed by atoms with Crippen molar-refractivity contribution in [3.05, 3.63) is 16.1 Å². The van der Waals surface area contributed by atoms with Crippen LogP contribution in [0.3, 0.4) is 0 Å². The predicted octanol–water partition coefficient (Wildman–Crippen LogP) is 5.43. The fourth-order valence-electron chi connectivity index (χ4n) is 2.94. The van der Waals surface area contributed by atoms with Crippen LogP contribution >= 0.6 is 11.3 Å². The molecule has 0 aliphatic heterocycles. The Bertz CT molecular complexity index is 638. The van der Waals surface area contributed by atoms with Crippen molar-refractivity contribution in [2.75, 3.05) is 33.6 Å². The molecule has 0 aliphatic rings. The third kappa shape index (κ3) is 13.4. The molecule has 0 radical (unpaired) electrons. The summed E-state index contributed by atoms with van der Waals surface area (Å²) in [6, 6.07) is -0.0761. The molecule has 9 heteroatoms. The van der Waals surface area contributed by atoms with Crippen molar-refractivity contribution in [2.24, 2.45) is 11.7 Å². The lowest BCUT2D eigenvalue weighted by atomic mass is 9.95. The lowest BCUT2D eigenvalue weighted by Crippen LogP contribution is -2.47. The lowest BCUT2D eigenvalue weighted by molar-refractivity contribution is -0.135. The molecule has 0 spiro atoms. The van der Waals surface area contributed by atoms with Gasteiger partial charge in [-0.25, -0.2) is 9.78 Å². The molecule has 2 atom stereocenters. The molecule has 0 bridgehead atoms. The van der Waals surface area contributed by atoms with Gasteiger partial charge in [0, 0.05) is 31.5 Å². The number of rotatable bonds is 14. The highest BCUT2D eigenvalue weighted by molar-refractivity contribution is 7.09. The molecule has 0 fully saturated rings. The van der Waals surface area contributed by atoms with Crippen LogP contribution in [0.15, 0.2) is 5.38 Å². The molecular formula is C25H49N3O5S. The summed E-state index contributed by atoms with van der Waals surface area (Å²) in [4.78, 5) is 30.6. The summed E-state index contributed by atoms with van der Waals surface area (Å²) in [6.45, 7) is 17.2. The number of carbonyl (C=O) groups is 2. The van der Waals surface area contributed by atoms with Crippen LogP contribution in [0.2, 0.25) is 0 Å². The van der Waals surface area contributed by atoms with E-state index in [4.69, 9.17) is 19.9 Å². The topological polar surface area (TPSA) is 104 Å². The monoisotopic (exact) mass is 503 g/mol. The smallest absolute Gasteiger partial charge is 0.357 e. The zero-order valence-electron chi connectivity index (χ0n) is 22.9. The van der Waals surface area contributed by atoms with Crippen LogP contribution in [-0.2, 0) is 19.0 Å². The minimum absolute atomic E-state index is 0.0307. The fraction of sp³-hybridized carbons (Fsp3) is 0.800. The predicted molar refractivity (Wildman–Crippen MR) is 140 cm³/mol. The Balaban J connectivity index is 0. The highest BCUT2D eigenvalue weighted by atomic mass is 32.1. The van der Waals surface area contributed by atoms with Crippen LogP contribution in [0.25, 0.3) is 0 Å².